The molecule has 4 rings (SSSR count). The molecule has 1 aromatic carbocycles. The van der Waals surface area contributed by atoms with E-state index < -0.39 is 5.97 Å². The average molecular weight is 399 g/mol. The summed E-state index contributed by atoms with van der Waals surface area (Å²) in [5.41, 5.74) is 1.51. The number of imidazole rings is 1. The first-order valence-corrected chi connectivity index (χ1v) is 10.1. The molecule has 2 N–H and O–H groups in total. The van der Waals surface area contributed by atoms with Gasteiger partial charge in [-0.15, -0.1) is 10.2 Å². The van der Waals surface area contributed by atoms with Crippen LogP contribution in [0.25, 0.3) is 16.6 Å². The molecule has 0 bridgehead atoms. The molecule has 0 spiro atoms. The number of carbonyl (C=O) groups is 1. The average Bonchev–Trinajstić information content (AvgIpc) is 3.33. The third-order valence-corrected chi connectivity index (χ3v) is 5.62. The number of esters is 1. The van der Waals surface area contributed by atoms with E-state index in [4.69, 9.17) is 4.74 Å². The highest BCUT2D eigenvalue weighted by molar-refractivity contribution is 7.99. The number of para-hydroxylation sites is 2. The van der Waals surface area contributed by atoms with Gasteiger partial charge in [-0.3, -0.25) is 0 Å². The van der Waals surface area contributed by atoms with Crippen LogP contribution >= 0.6 is 11.8 Å². The van der Waals surface area contributed by atoms with E-state index in [1.54, 1.807) is 0 Å². The molecule has 0 radical (unpaired) electrons. The van der Waals surface area contributed by atoms with Crippen LogP contribution in [0.3, 0.4) is 0 Å². The number of carbonyl (C=O) groups excluding carboxylic acids is 1. The van der Waals surface area contributed by atoms with Crippen molar-refractivity contribution in [2.24, 2.45) is 0 Å². The summed E-state index contributed by atoms with van der Waals surface area (Å²) in [6, 6.07) is 7.42. The lowest BCUT2D eigenvalue weighted by atomic mass is 10.2. The van der Waals surface area contributed by atoms with Crippen LogP contribution in [0.5, 0.6) is 0 Å². The van der Waals surface area contributed by atoms with E-state index in [-0.39, 0.29) is 22.9 Å². The van der Waals surface area contributed by atoms with Gasteiger partial charge in [0.2, 0.25) is 0 Å². The Bertz CT molecular complexity index is 1020. The van der Waals surface area contributed by atoms with Crippen LogP contribution in [0.2, 0.25) is 0 Å². The van der Waals surface area contributed by atoms with E-state index in [1.807, 2.05) is 31.2 Å². The number of aromatic nitrogens is 5. The summed E-state index contributed by atoms with van der Waals surface area (Å²) >= 11 is 1.34. The minimum atomic E-state index is -0.646. The predicted molar refractivity (Wildman–Crippen MR) is 106 cm³/mol. The number of rotatable bonds is 7. The first-order chi connectivity index (χ1) is 13.6. The van der Waals surface area contributed by atoms with E-state index in [0.29, 0.717) is 11.4 Å². The molecule has 0 saturated heterocycles. The normalized spacial score (nSPS) is 14.9. The monoisotopic (exact) mass is 399 g/mol. The van der Waals surface area contributed by atoms with Crippen molar-refractivity contribution >= 4 is 34.3 Å². The molecule has 28 heavy (non-hydrogen) atoms. The Hall–Kier alpha value is -2.81. The Morgan fingerprint density at radius 2 is 2.14 bits per heavy atom. The minimum absolute atomic E-state index is 0.0242. The second-order valence-corrected chi connectivity index (χ2v) is 7.51. The topological polar surface area (TPSA) is 106 Å². The molecular formula is C19H21N5O3S. The molecule has 1 saturated carbocycles. The summed E-state index contributed by atoms with van der Waals surface area (Å²) in [4.78, 5) is 19.8. The van der Waals surface area contributed by atoms with Gasteiger partial charge in [-0.2, -0.15) is 0 Å². The second kappa shape index (κ2) is 7.67. The minimum Gasteiger partial charge on any atom is -0.510 e. The maximum absolute atomic E-state index is 12.3. The van der Waals surface area contributed by atoms with E-state index in [9.17, 15) is 9.90 Å². The SMILES string of the molecule is CCn1c(SC/C(O)=C(\C(=O)OC)c2nc3ccccc3[nH]2)nnc1C1CC1. The summed E-state index contributed by atoms with van der Waals surface area (Å²) in [6.45, 7) is 2.81. The lowest BCUT2D eigenvalue weighted by Gasteiger charge is -2.08. The van der Waals surface area contributed by atoms with Crippen LogP contribution in [0.15, 0.2) is 35.2 Å². The Morgan fingerprint density at radius 3 is 2.82 bits per heavy atom. The quantitative estimate of drug-likeness (QED) is 0.272. The maximum atomic E-state index is 12.3. The standard InChI is InChI=1S/C19H21N5O3S/c1-3-24-17(11-8-9-11)22-23-19(24)28-10-14(25)15(18(26)27-2)16-20-12-6-4-5-7-13(12)21-16/h4-7,11,25H,3,8-10H2,1-2H3,(H,20,21)/b15-14+. The van der Waals surface area contributed by atoms with E-state index in [0.717, 1.165) is 35.9 Å². The highest BCUT2D eigenvalue weighted by atomic mass is 32.2. The van der Waals surface area contributed by atoms with Crippen LogP contribution in [-0.2, 0) is 16.1 Å². The molecule has 2 heterocycles. The van der Waals surface area contributed by atoms with Crippen LogP contribution < -0.4 is 0 Å². The van der Waals surface area contributed by atoms with Gasteiger partial charge in [0.1, 0.15) is 23.0 Å². The summed E-state index contributed by atoms with van der Waals surface area (Å²) in [5, 5.41) is 20.0. The van der Waals surface area contributed by atoms with Crippen molar-refractivity contribution in [3.8, 4) is 0 Å². The Morgan fingerprint density at radius 1 is 1.36 bits per heavy atom. The summed E-state index contributed by atoms with van der Waals surface area (Å²) < 4.78 is 6.93. The van der Waals surface area contributed by atoms with Crippen LogP contribution in [0.4, 0.5) is 0 Å². The molecule has 1 fully saturated rings. The van der Waals surface area contributed by atoms with Crippen molar-refractivity contribution < 1.29 is 14.6 Å². The van der Waals surface area contributed by atoms with Gasteiger partial charge in [-0.1, -0.05) is 23.9 Å². The molecule has 1 aliphatic carbocycles. The Kier molecular flexibility index (Phi) is 5.08. The number of nitrogens with one attached hydrogen (secondary N) is 1. The molecular weight excluding hydrogens is 378 g/mol. The number of aromatic amines is 1. The third kappa shape index (κ3) is 3.49. The van der Waals surface area contributed by atoms with E-state index in [2.05, 4.69) is 24.7 Å². The van der Waals surface area contributed by atoms with Crippen molar-refractivity contribution in [2.75, 3.05) is 12.9 Å². The number of methoxy groups -OCH3 is 1. The van der Waals surface area contributed by atoms with Crippen LogP contribution in [-0.4, -0.2) is 48.7 Å². The Balaban J connectivity index is 1.62. The number of hydrogen-bond acceptors (Lipinski definition) is 7. The van der Waals surface area contributed by atoms with Crippen LogP contribution in [0.1, 0.15) is 37.3 Å². The number of nitrogens with zero attached hydrogens (tertiary/aromatic N) is 4. The molecule has 3 aromatic rings. The smallest absolute Gasteiger partial charge is 0.345 e. The fourth-order valence-electron chi connectivity index (χ4n) is 3.08. The predicted octanol–water partition coefficient (Wildman–Crippen LogP) is 3.29. The highest BCUT2D eigenvalue weighted by Gasteiger charge is 2.30. The van der Waals surface area contributed by atoms with Crippen molar-refractivity contribution in [3.63, 3.8) is 0 Å². The van der Waals surface area contributed by atoms with Crippen LogP contribution in [0, 0.1) is 0 Å². The van der Waals surface area contributed by atoms with Gasteiger partial charge in [0.05, 0.1) is 23.9 Å². The number of benzene rings is 1. The van der Waals surface area contributed by atoms with Crippen molar-refractivity contribution in [2.45, 2.75) is 37.4 Å². The van der Waals surface area contributed by atoms with Gasteiger partial charge in [-0.05, 0) is 31.9 Å². The highest BCUT2D eigenvalue weighted by Crippen LogP contribution is 2.40. The fourth-order valence-corrected chi connectivity index (χ4v) is 3.96. The zero-order valence-corrected chi connectivity index (χ0v) is 16.5. The third-order valence-electron chi connectivity index (χ3n) is 4.65. The lowest BCUT2D eigenvalue weighted by Crippen LogP contribution is -2.10. The van der Waals surface area contributed by atoms with E-state index >= 15 is 0 Å². The fraction of sp³-hybridized carbons (Fsp3) is 0.368. The summed E-state index contributed by atoms with van der Waals surface area (Å²) in [7, 11) is 1.28. The first-order valence-electron chi connectivity index (χ1n) is 9.13. The van der Waals surface area contributed by atoms with E-state index in [1.165, 1.54) is 18.9 Å². The van der Waals surface area contributed by atoms with Gasteiger partial charge in [0.15, 0.2) is 5.16 Å². The van der Waals surface area contributed by atoms with Gasteiger partial charge in [0, 0.05) is 12.5 Å². The number of aliphatic hydroxyl groups is 1. The zero-order valence-electron chi connectivity index (χ0n) is 15.7. The van der Waals surface area contributed by atoms with Crippen molar-refractivity contribution in [1.82, 2.24) is 24.7 Å². The van der Waals surface area contributed by atoms with Crippen molar-refractivity contribution in [3.05, 3.63) is 41.7 Å². The Labute approximate surface area is 166 Å². The molecule has 0 amide bonds. The zero-order chi connectivity index (χ0) is 19.7. The molecule has 1 aliphatic rings. The number of thioether (sulfide) groups is 1. The maximum Gasteiger partial charge on any atom is 0.345 e. The number of fused-ring (bicyclic) bond motifs is 1. The molecule has 9 heteroatoms. The number of hydrogen-bond donors (Lipinski definition) is 2. The van der Waals surface area contributed by atoms with Crippen molar-refractivity contribution in [1.29, 1.82) is 0 Å². The first kappa shape index (κ1) is 18.5. The van der Waals surface area contributed by atoms with Gasteiger partial charge >= 0.3 is 5.97 Å². The molecule has 0 unspecified atom stereocenters. The molecule has 0 atom stereocenters. The molecule has 8 nitrogen and oxygen atoms in total. The van der Waals surface area contributed by atoms with Gasteiger partial charge in [0.25, 0.3) is 0 Å². The summed E-state index contributed by atoms with van der Waals surface area (Å²) in [6.07, 6.45) is 2.29. The lowest BCUT2D eigenvalue weighted by molar-refractivity contribution is -0.133. The molecule has 2 aromatic heterocycles. The number of aliphatic hydroxyl groups excluding tert-OH is 1. The molecule has 0 aliphatic heterocycles. The largest absolute Gasteiger partial charge is 0.510 e. The number of ether oxygens (including phenoxy) is 1. The summed E-state index contributed by atoms with van der Waals surface area (Å²) in [5.74, 6) is 1.17. The van der Waals surface area contributed by atoms with Gasteiger partial charge in [-0.25, -0.2) is 9.78 Å². The second-order valence-electron chi connectivity index (χ2n) is 6.56. The van der Waals surface area contributed by atoms with Gasteiger partial charge < -0.3 is 19.4 Å². The number of H-pyrrole nitrogens is 1. The molecule has 146 valence electrons.